The first-order valence-corrected chi connectivity index (χ1v) is 5.83. The fourth-order valence-corrected chi connectivity index (χ4v) is 2.36. The number of fused-ring (bicyclic) bond motifs is 1. The molecule has 0 radical (unpaired) electrons. The molecule has 0 fully saturated rings. The van der Waals surface area contributed by atoms with Crippen molar-refractivity contribution in [3.8, 4) is 17.0 Å². The van der Waals surface area contributed by atoms with Crippen molar-refractivity contribution in [1.82, 2.24) is 5.16 Å². The number of methoxy groups -OCH3 is 1. The summed E-state index contributed by atoms with van der Waals surface area (Å²) in [5.41, 5.74) is 7.16. The molecule has 2 heterocycles. The molecule has 18 heavy (non-hydrogen) atoms. The topological polar surface area (TPSA) is 91.5 Å². The molecule has 0 saturated heterocycles. The van der Waals surface area contributed by atoms with Crippen LogP contribution in [0.1, 0.15) is 0 Å². The van der Waals surface area contributed by atoms with Crippen molar-refractivity contribution in [3.05, 3.63) is 27.9 Å². The lowest BCUT2D eigenvalue weighted by Gasteiger charge is -2.04. The summed E-state index contributed by atoms with van der Waals surface area (Å²) in [6, 6.07) is 4.99. The van der Waals surface area contributed by atoms with Crippen LogP contribution in [0, 0.1) is 0 Å². The zero-order chi connectivity index (χ0) is 12.7. The van der Waals surface area contributed by atoms with Crippen molar-refractivity contribution >= 4 is 27.5 Å². The second-order valence-corrected chi connectivity index (χ2v) is 4.55. The number of aromatic nitrogens is 1. The zero-order valence-corrected chi connectivity index (χ0v) is 10.1. The molecule has 92 valence electrons. The van der Waals surface area contributed by atoms with Crippen molar-refractivity contribution in [2.75, 3.05) is 12.8 Å². The van der Waals surface area contributed by atoms with Gasteiger partial charge < -0.3 is 19.4 Å². The molecule has 0 unspecified atom stereocenters. The maximum atomic E-state index is 11.2. The first kappa shape index (κ1) is 10.8. The van der Waals surface area contributed by atoms with Crippen molar-refractivity contribution in [2.24, 2.45) is 0 Å². The van der Waals surface area contributed by atoms with Gasteiger partial charge in [0.2, 0.25) is 5.88 Å². The van der Waals surface area contributed by atoms with Gasteiger partial charge in [-0.1, -0.05) is 16.5 Å². The highest BCUT2D eigenvalue weighted by Crippen LogP contribution is 2.34. The van der Waals surface area contributed by atoms with E-state index in [2.05, 4.69) is 5.16 Å². The average Bonchev–Trinajstić information content (AvgIpc) is 2.91. The van der Waals surface area contributed by atoms with Crippen LogP contribution in [0.4, 0.5) is 5.88 Å². The third kappa shape index (κ3) is 1.65. The molecule has 0 spiro atoms. The maximum Gasteiger partial charge on any atom is 0.396 e. The predicted molar refractivity (Wildman–Crippen MR) is 66.8 cm³/mol. The number of nitrogens with two attached hydrogens (primary N) is 1. The maximum absolute atomic E-state index is 11.2. The van der Waals surface area contributed by atoms with E-state index in [-0.39, 0.29) is 10.8 Å². The molecular weight excluding hydrogens is 256 g/mol. The number of hydrogen-bond acceptors (Lipinski definition) is 7. The van der Waals surface area contributed by atoms with Crippen molar-refractivity contribution < 1.29 is 13.7 Å². The molecule has 2 aromatic heterocycles. The Labute approximate surface area is 105 Å². The van der Waals surface area contributed by atoms with Gasteiger partial charge in [0.05, 0.1) is 11.8 Å². The quantitative estimate of drug-likeness (QED) is 0.762. The minimum absolute atomic E-state index is 0.207. The molecular formula is C11H8N2O4S. The fraction of sp³-hybridized carbons (Fsp3) is 0.0909. The van der Waals surface area contributed by atoms with E-state index < -0.39 is 0 Å². The second kappa shape index (κ2) is 3.88. The SMILES string of the molecule is COc1cc2sc(=O)oc2cc1-c1cc(N)on1. The average molecular weight is 264 g/mol. The van der Waals surface area contributed by atoms with Crippen LogP contribution >= 0.6 is 11.3 Å². The van der Waals surface area contributed by atoms with Crippen LogP contribution in [0.5, 0.6) is 5.75 Å². The van der Waals surface area contributed by atoms with Crippen LogP contribution in [0.15, 0.2) is 31.9 Å². The highest BCUT2D eigenvalue weighted by Gasteiger charge is 2.14. The molecule has 0 atom stereocenters. The number of benzene rings is 1. The van der Waals surface area contributed by atoms with E-state index in [0.717, 1.165) is 16.0 Å². The van der Waals surface area contributed by atoms with Crippen LogP contribution in [-0.2, 0) is 0 Å². The molecule has 1 aromatic carbocycles. The van der Waals surface area contributed by atoms with E-state index in [4.69, 9.17) is 19.4 Å². The van der Waals surface area contributed by atoms with E-state index in [9.17, 15) is 4.79 Å². The standard InChI is InChI=1S/C11H8N2O4S/c1-15-7-4-9-8(16-11(14)18-9)2-5(7)6-3-10(12)17-13-6/h2-4H,12H2,1H3. The van der Waals surface area contributed by atoms with Crippen LogP contribution < -0.4 is 15.4 Å². The minimum atomic E-state index is -0.358. The normalized spacial score (nSPS) is 10.9. The van der Waals surface area contributed by atoms with Crippen molar-refractivity contribution in [3.63, 3.8) is 0 Å². The Morgan fingerprint density at radius 3 is 2.89 bits per heavy atom. The molecule has 0 aliphatic heterocycles. The van der Waals surface area contributed by atoms with Gasteiger partial charge in [0.1, 0.15) is 17.0 Å². The summed E-state index contributed by atoms with van der Waals surface area (Å²) < 4.78 is 15.9. The lowest BCUT2D eigenvalue weighted by molar-refractivity contribution is 0.414. The summed E-state index contributed by atoms with van der Waals surface area (Å²) in [6.07, 6.45) is 0. The summed E-state index contributed by atoms with van der Waals surface area (Å²) >= 11 is 1.02. The number of nitrogen functional groups attached to an aromatic ring is 1. The zero-order valence-electron chi connectivity index (χ0n) is 9.30. The third-order valence-corrected chi connectivity index (χ3v) is 3.25. The Kier molecular flexibility index (Phi) is 2.34. The summed E-state index contributed by atoms with van der Waals surface area (Å²) in [4.78, 5) is 10.8. The molecule has 0 bridgehead atoms. The van der Waals surface area contributed by atoms with Gasteiger partial charge in [0.25, 0.3) is 0 Å². The molecule has 0 saturated carbocycles. The summed E-state index contributed by atoms with van der Waals surface area (Å²) in [6.45, 7) is 0. The van der Waals surface area contributed by atoms with Crippen LogP contribution in [-0.4, -0.2) is 12.3 Å². The predicted octanol–water partition coefficient (Wildman–Crippen LogP) is 2.10. The molecule has 3 aromatic rings. The van der Waals surface area contributed by atoms with Gasteiger partial charge in [-0.3, -0.25) is 0 Å². The highest BCUT2D eigenvalue weighted by atomic mass is 32.1. The first-order chi connectivity index (χ1) is 8.67. The van der Waals surface area contributed by atoms with E-state index in [1.54, 1.807) is 18.2 Å². The molecule has 6 nitrogen and oxygen atoms in total. The van der Waals surface area contributed by atoms with Crippen molar-refractivity contribution in [2.45, 2.75) is 0 Å². The molecule has 0 aliphatic rings. The molecule has 0 aliphatic carbocycles. The summed E-state index contributed by atoms with van der Waals surface area (Å²) in [5, 5.41) is 3.81. The Bertz CT molecular complexity index is 771. The Balaban J connectivity index is 2.29. The second-order valence-electron chi connectivity index (χ2n) is 3.57. The smallest absolute Gasteiger partial charge is 0.396 e. The Hall–Kier alpha value is -2.28. The number of ether oxygens (including phenoxy) is 1. The van der Waals surface area contributed by atoms with Crippen LogP contribution in [0.25, 0.3) is 21.5 Å². The lowest BCUT2D eigenvalue weighted by Crippen LogP contribution is -1.87. The molecule has 0 amide bonds. The number of hydrogen-bond donors (Lipinski definition) is 1. The minimum Gasteiger partial charge on any atom is -0.496 e. The van der Waals surface area contributed by atoms with Crippen LogP contribution in [0.2, 0.25) is 0 Å². The van der Waals surface area contributed by atoms with Gasteiger partial charge in [-0.05, 0) is 6.07 Å². The highest BCUT2D eigenvalue weighted by molar-refractivity contribution is 7.16. The number of rotatable bonds is 2. The van der Waals surface area contributed by atoms with Gasteiger partial charge in [-0.15, -0.1) is 0 Å². The van der Waals surface area contributed by atoms with E-state index in [1.165, 1.54) is 7.11 Å². The van der Waals surface area contributed by atoms with Gasteiger partial charge in [-0.25, -0.2) is 4.79 Å². The third-order valence-electron chi connectivity index (χ3n) is 2.46. The monoisotopic (exact) mass is 264 g/mol. The van der Waals surface area contributed by atoms with Gasteiger partial charge in [0.15, 0.2) is 0 Å². The number of anilines is 1. The van der Waals surface area contributed by atoms with E-state index in [1.807, 2.05) is 0 Å². The van der Waals surface area contributed by atoms with Gasteiger partial charge in [-0.2, -0.15) is 0 Å². The van der Waals surface area contributed by atoms with Crippen LogP contribution in [0.3, 0.4) is 0 Å². The van der Waals surface area contributed by atoms with Crippen molar-refractivity contribution in [1.29, 1.82) is 0 Å². The fourth-order valence-electron chi connectivity index (χ4n) is 1.69. The largest absolute Gasteiger partial charge is 0.496 e. The Morgan fingerprint density at radius 2 is 2.22 bits per heavy atom. The van der Waals surface area contributed by atoms with E-state index in [0.29, 0.717) is 22.6 Å². The van der Waals surface area contributed by atoms with E-state index >= 15 is 0 Å². The summed E-state index contributed by atoms with van der Waals surface area (Å²) in [5.74, 6) is 0.784. The lowest BCUT2D eigenvalue weighted by atomic mass is 10.1. The van der Waals surface area contributed by atoms with Gasteiger partial charge in [0, 0.05) is 17.7 Å². The first-order valence-electron chi connectivity index (χ1n) is 5.01. The molecule has 3 rings (SSSR count). The Morgan fingerprint density at radius 1 is 1.39 bits per heavy atom. The molecule has 2 N–H and O–H groups in total. The van der Waals surface area contributed by atoms with Gasteiger partial charge >= 0.3 is 4.94 Å². The summed E-state index contributed by atoms with van der Waals surface area (Å²) in [7, 11) is 1.54. The number of nitrogens with zero attached hydrogens (tertiary/aromatic N) is 1. The molecule has 7 heteroatoms.